The summed E-state index contributed by atoms with van der Waals surface area (Å²) in [5.41, 5.74) is 1.33. The lowest BCUT2D eigenvalue weighted by Crippen LogP contribution is -2.58. The number of nitrogens with zero attached hydrogens (tertiary/aromatic N) is 1. The second kappa shape index (κ2) is 9.17. The summed E-state index contributed by atoms with van der Waals surface area (Å²) in [5, 5.41) is 3.29. The van der Waals surface area contributed by atoms with Crippen LogP contribution in [0.15, 0.2) is 18.2 Å². The Morgan fingerprint density at radius 1 is 0.964 bits per heavy atom. The fourth-order valence-corrected chi connectivity index (χ4v) is 5.04. The number of benzene rings is 1. The molecule has 2 fully saturated rings. The van der Waals surface area contributed by atoms with Crippen molar-refractivity contribution in [3.8, 4) is 11.5 Å². The lowest BCUT2D eigenvalue weighted by molar-refractivity contribution is -0.122. The van der Waals surface area contributed by atoms with Crippen LogP contribution >= 0.6 is 0 Å². The van der Waals surface area contributed by atoms with E-state index in [-0.39, 0.29) is 11.4 Å². The number of carbonyl (C=O) groups is 1. The molecule has 1 saturated carbocycles. The van der Waals surface area contributed by atoms with Gasteiger partial charge in [-0.15, -0.1) is 0 Å². The summed E-state index contributed by atoms with van der Waals surface area (Å²) in [6.45, 7) is 4.41. The van der Waals surface area contributed by atoms with Crippen LogP contribution in [0.25, 0.3) is 0 Å². The minimum Gasteiger partial charge on any atom is -0.486 e. The molecule has 28 heavy (non-hydrogen) atoms. The number of amides is 1. The molecule has 4 rings (SSSR count). The van der Waals surface area contributed by atoms with Crippen LogP contribution < -0.4 is 14.8 Å². The lowest BCUT2D eigenvalue weighted by atomic mass is 9.79. The molecule has 2 aliphatic heterocycles. The highest BCUT2D eigenvalue weighted by Crippen LogP contribution is 2.35. The quantitative estimate of drug-likeness (QED) is 0.810. The van der Waals surface area contributed by atoms with E-state index in [9.17, 15) is 4.79 Å². The van der Waals surface area contributed by atoms with E-state index < -0.39 is 0 Å². The number of nitrogens with one attached hydrogen (secondary N) is 1. The topological polar surface area (TPSA) is 50.8 Å². The van der Waals surface area contributed by atoms with E-state index in [1.165, 1.54) is 64.5 Å². The van der Waals surface area contributed by atoms with Crippen molar-refractivity contribution < 1.29 is 14.3 Å². The molecule has 5 nitrogen and oxygen atoms in total. The normalized spacial score (nSPS) is 21.9. The molecule has 5 heteroatoms. The lowest BCUT2D eigenvalue weighted by Gasteiger charge is -2.48. The number of fused-ring (bicyclic) bond motifs is 1. The molecule has 2 heterocycles. The first-order valence-electron chi connectivity index (χ1n) is 11.2. The first-order chi connectivity index (χ1) is 13.8. The van der Waals surface area contributed by atoms with Crippen LogP contribution in [-0.2, 0) is 11.2 Å². The molecule has 0 bridgehead atoms. The number of carbonyl (C=O) groups excluding carboxylic acids is 1. The van der Waals surface area contributed by atoms with E-state index in [1.807, 2.05) is 18.2 Å². The van der Waals surface area contributed by atoms with E-state index in [2.05, 4.69) is 10.2 Å². The molecule has 1 aromatic carbocycles. The second-order valence-electron chi connectivity index (χ2n) is 8.59. The zero-order valence-electron chi connectivity index (χ0n) is 17.0. The van der Waals surface area contributed by atoms with Crippen LogP contribution in [0.2, 0.25) is 0 Å². The Kier molecular flexibility index (Phi) is 6.40. The van der Waals surface area contributed by atoms with E-state index in [1.54, 1.807) is 0 Å². The average Bonchev–Trinajstić information content (AvgIpc) is 2.77. The van der Waals surface area contributed by atoms with Crippen LogP contribution in [0, 0.1) is 0 Å². The summed E-state index contributed by atoms with van der Waals surface area (Å²) in [7, 11) is 0. The first-order valence-corrected chi connectivity index (χ1v) is 11.2. The molecular weight excluding hydrogens is 352 g/mol. The third kappa shape index (κ3) is 4.62. The van der Waals surface area contributed by atoms with E-state index >= 15 is 0 Å². The molecule has 0 aromatic heterocycles. The van der Waals surface area contributed by atoms with Gasteiger partial charge < -0.3 is 14.8 Å². The minimum absolute atomic E-state index is 0.164. The van der Waals surface area contributed by atoms with E-state index in [4.69, 9.17) is 9.47 Å². The standard InChI is InChI=1S/C23H34N2O3/c26-22(10-8-19-7-9-20-21(17-19)28-16-15-27-20)24-18-23(11-3-1-4-12-23)25-13-5-2-6-14-25/h7,9,17H,1-6,8,10-16,18H2,(H,24,26). The molecule has 1 aliphatic carbocycles. The number of aryl methyl sites for hydroxylation is 1. The summed E-state index contributed by atoms with van der Waals surface area (Å²) in [6.07, 6.45) is 11.6. The van der Waals surface area contributed by atoms with Gasteiger partial charge in [-0.2, -0.15) is 0 Å². The Morgan fingerprint density at radius 3 is 2.46 bits per heavy atom. The second-order valence-corrected chi connectivity index (χ2v) is 8.59. The van der Waals surface area contributed by atoms with Gasteiger partial charge in [0.15, 0.2) is 11.5 Å². The Balaban J connectivity index is 1.30. The molecule has 0 unspecified atom stereocenters. The zero-order valence-corrected chi connectivity index (χ0v) is 17.0. The molecular formula is C23H34N2O3. The molecule has 0 spiro atoms. The van der Waals surface area contributed by atoms with Gasteiger partial charge in [0.1, 0.15) is 13.2 Å². The largest absolute Gasteiger partial charge is 0.486 e. The molecule has 0 radical (unpaired) electrons. The van der Waals surface area contributed by atoms with Crippen molar-refractivity contribution in [3.05, 3.63) is 23.8 Å². The number of piperidine rings is 1. The molecule has 1 saturated heterocycles. The zero-order chi connectivity index (χ0) is 19.2. The summed E-state index contributed by atoms with van der Waals surface area (Å²) >= 11 is 0. The highest BCUT2D eigenvalue weighted by atomic mass is 16.6. The molecule has 3 aliphatic rings. The fraction of sp³-hybridized carbons (Fsp3) is 0.696. The summed E-state index contributed by atoms with van der Waals surface area (Å²) in [4.78, 5) is 15.3. The van der Waals surface area contributed by atoms with Crippen molar-refractivity contribution in [3.63, 3.8) is 0 Å². The first kappa shape index (κ1) is 19.6. The summed E-state index contributed by atoms with van der Waals surface area (Å²) in [6, 6.07) is 6.00. The highest BCUT2D eigenvalue weighted by Gasteiger charge is 2.38. The van der Waals surface area contributed by atoms with Gasteiger partial charge in [-0.1, -0.05) is 31.7 Å². The maximum Gasteiger partial charge on any atom is 0.220 e. The molecule has 0 atom stereocenters. The minimum atomic E-state index is 0.164. The number of hydrogen-bond donors (Lipinski definition) is 1. The molecule has 1 amide bonds. The van der Waals surface area contributed by atoms with Crippen LogP contribution in [-0.4, -0.2) is 49.2 Å². The summed E-state index contributed by atoms with van der Waals surface area (Å²) in [5.74, 6) is 1.77. The monoisotopic (exact) mass is 386 g/mol. The van der Waals surface area contributed by atoms with Gasteiger partial charge in [-0.05, 0) is 62.9 Å². The third-order valence-corrected chi connectivity index (χ3v) is 6.67. The Bertz CT molecular complexity index is 664. The number of ether oxygens (including phenoxy) is 2. The maximum absolute atomic E-state index is 12.6. The van der Waals surface area contributed by atoms with Gasteiger partial charge in [-0.25, -0.2) is 0 Å². The van der Waals surface area contributed by atoms with Crippen molar-refractivity contribution in [1.29, 1.82) is 0 Å². The molecule has 1 aromatic rings. The van der Waals surface area contributed by atoms with Crippen molar-refractivity contribution in [1.82, 2.24) is 10.2 Å². The SMILES string of the molecule is O=C(CCc1ccc2c(c1)OCCO2)NCC1(N2CCCCC2)CCCCC1. The average molecular weight is 387 g/mol. The van der Waals surface area contributed by atoms with E-state index in [0.29, 0.717) is 19.6 Å². The molecule has 154 valence electrons. The van der Waals surface area contributed by atoms with Crippen LogP contribution in [0.4, 0.5) is 0 Å². The highest BCUT2D eigenvalue weighted by molar-refractivity contribution is 5.76. The molecule has 1 N–H and O–H groups in total. The smallest absolute Gasteiger partial charge is 0.220 e. The Morgan fingerprint density at radius 2 is 1.68 bits per heavy atom. The summed E-state index contributed by atoms with van der Waals surface area (Å²) < 4.78 is 11.2. The van der Waals surface area contributed by atoms with Gasteiger partial charge in [0.05, 0.1) is 0 Å². The number of likely N-dealkylation sites (tertiary alicyclic amines) is 1. The number of rotatable bonds is 6. The van der Waals surface area contributed by atoms with Crippen molar-refractivity contribution >= 4 is 5.91 Å². The van der Waals surface area contributed by atoms with Gasteiger partial charge in [-0.3, -0.25) is 9.69 Å². The fourth-order valence-electron chi connectivity index (χ4n) is 5.04. The van der Waals surface area contributed by atoms with Gasteiger partial charge in [0, 0.05) is 18.5 Å². The van der Waals surface area contributed by atoms with Gasteiger partial charge >= 0.3 is 0 Å². The van der Waals surface area contributed by atoms with Crippen molar-refractivity contribution in [2.45, 2.75) is 69.7 Å². The predicted octanol–water partition coefficient (Wildman–Crippen LogP) is 3.70. The van der Waals surface area contributed by atoms with Crippen molar-refractivity contribution in [2.24, 2.45) is 0 Å². The number of hydrogen-bond acceptors (Lipinski definition) is 4. The van der Waals surface area contributed by atoms with Crippen LogP contribution in [0.3, 0.4) is 0 Å². The predicted molar refractivity (Wildman–Crippen MR) is 110 cm³/mol. The van der Waals surface area contributed by atoms with Crippen LogP contribution in [0.5, 0.6) is 11.5 Å². The maximum atomic E-state index is 12.6. The Hall–Kier alpha value is -1.75. The van der Waals surface area contributed by atoms with Crippen LogP contribution in [0.1, 0.15) is 63.4 Å². The Labute approximate surface area is 168 Å². The van der Waals surface area contributed by atoms with Gasteiger partial charge in [0.25, 0.3) is 0 Å². The third-order valence-electron chi connectivity index (χ3n) is 6.67. The van der Waals surface area contributed by atoms with Crippen molar-refractivity contribution in [2.75, 3.05) is 32.8 Å². The van der Waals surface area contributed by atoms with E-state index in [0.717, 1.165) is 30.0 Å². The van der Waals surface area contributed by atoms with Gasteiger partial charge in [0.2, 0.25) is 5.91 Å².